The molecule has 92 valence electrons. The van der Waals surface area contributed by atoms with Crippen molar-refractivity contribution in [3.05, 3.63) is 35.6 Å². The first-order valence-corrected chi connectivity index (χ1v) is 5.39. The minimum Gasteiger partial charge on any atom is -0.445 e. The number of benzene rings is 1. The number of ether oxygens (including phenoxy) is 2. The van der Waals surface area contributed by atoms with E-state index in [1.807, 2.05) is 0 Å². The number of halogens is 1. The fourth-order valence-corrected chi connectivity index (χ4v) is 1.39. The van der Waals surface area contributed by atoms with Crippen molar-refractivity contribution in [3.8, 4) is 0 Å². The number of carbonyl (C=O) groups excluding carboxylic acids is 1. The fraction of sp³-hybridized carbons (Fsp3) is 0.417. The maximum absolute atomic E-state index is 12.6. The summed E-state index contributed by atoms with van der Waals surface area (Å²) in [6, 6.07) is 5.86. The van der Waals surface area contributed by atoms with E-state index in [0.29, 0.717) is 13.2 Å². The van der Waals surface area contributed by atoms with Crippen LogP contribution in [0.5, 0.6) is 0 Å². The Morgan fingerprint density at radius 3 is 2.76 bits per heavy atom. The number of hydrogen-bond acceptors (Lipinski definition) is 3. The zero-order valence-corrected chi connectivity index (χ0v) is 9.56. The average Bonchev–Trinajstić information content (AvgIpc) is 3.11. The molecule has 4 nitrogen and oxygen atoms in total. The van der Waals surface area contributed by atoms with Crippen LogP contribution in [0.2, 0.25) is 0 Å². The van der Waals surface area contributed by atoms with Crippen molar-refractivity contribution >= 4 is 6.09 Å². The van der Waals surface area contributed by atoms with Crippen LogP contribution in [0.15, 0.2) is 24.3 Å². The minimum absolute atomic E-state index is 0.148. The Morgan fingerprint density at radius 1 is 1.53 bits per heavy atom. The molecule has 0 aromatic heterocycles. The zero-order chi connectivity index (χ0) is 12.3. The van der Waals surface area contributed by atoms with Crippen LogP contribution in [0.1, 0.15) is 5.56 Å². The van der Waals surface area contributed by atoms with Gasteiger partial charge in [0.05, 0.1) is 19.3 Å². The van der Waals surface area contributed by atoms with E-state index < -0.39 is 6.09 Å². The number of amides is 1. The number of carbonyl (C=O) groups is 1. The first-order chi connectivity index (χ1) is 8.15. The van der Waals surface area contributed by atoms with Gasteiger partial charge >= 0.3 is 6.09 Å². The summed E-state index contributed by atoms with van der Waals surface area (Å²) < 4.78 is 22.7. The molecule has 1 aliphatic rings. The predicted octanol–water partition coefficient (Wildman–Crippen LogP) is 1.79. The molecule has 1 heterocycles. The summed E-state index contributed by atoms with van der Waals surface area (Å²) in [6.07, 6.45) is -0.247. The molecule has 0 N–H and O–H groups in total. The van der Waals surface area contributed by atoms with Gasteiger partial charge in [-0.2, -0.15) is 0 Å². The summed E-state index contributed by atoms with van der Waals surface area (Å²) in [4.78, 5) is 13.0. The lowest BCUT2D eigenvalue weighted by atomic mass is 10.2. The quantitative estimate of drug-likeness (QED) is 0.752. The van der Waals surface area contributed by atoms with Gasteiger partial charge in [-0.15, -0.1) is 0 Å². The average molecular weight is 239 g/mol. The van der Waals surface area contributed by atoms with Crippen molar-refractivity contribution in [1.82, 2.24) is 4.90 Å². The number of likely N-dealkylation sites (N-methyl/N-ethyl adjacent to an activating group) is 1. The smallest absolute Gasteiger partial charge is 0.409 e. The lowest BCUT2D eigenvalue weighted by Gasteiger charge is -2.15. The van der Waals surface area contributed by atoms with E-state index in [0.717, 1.165) is 5.56 Å². The fourth-order valence-electron chi connectivity index (χ4n) is 1.39. The third-order valence-electron chi connectivity index (χ3n) is 2.47. The van der Waals surface area contributed by atoms with Gasteiger partial charge in [0, 0.05) is 7.05 Å². The molecular weight excluding hydrogens is 225 g/mol. The molecule has 1 amide bonds. The Labute approximate surface area is 98.9 Å². The molecule has 0 bridgehead atoms. The molecule has 2 rings (SSSR count). The van der Waals surface area contributed by atoms with Crippen LogP contribution in [0.25, 0.3) is 0 Å². The van der Waals surface area contributed by atoms with Crippen molar-refractivity contribution in [2.45, 2.75) is 12.7 Å². The normalized spacial score (nSPS) is 17.6. The third-order valence-corrected chi connectivity index (χ3v) is 2.47. The molecule has 0 spiro atoms. The number of epoxide rings is 1. The van der Waals surface area contributed by atoms with Crippen LogP contribution < -0.4 is 0 Å². The van der Waals surface area contributed by atoms with Gasteiger partial charge in [0.25, 0.3) is 0 Å². The van der Waals surface area contributed by atoms with Gasteiger partial charge in [0.1, 0.15) is 12.4 Å². The highest BCUT2D eigenvalue weighted by Gasteiger charge is 2.26. The van der Waals surface area contributed by atoms with Gasteiger partial charge in [-0.05, 0) is 17.7 Å². The Kier molecular flexibility index (Phi) is 3.58. The van der Waals surface area contributed by atoms with E-state index in [-0.39, 0.29) is 18.5 Å². The first kappa shape index (κ1) is 11.9. The number of hydrogen-bond donors (Lipinski definition) is 0. The van der Waals surface area contributed by atoms with E-state index >= 15 is 0 Å². The van der Waals surface area contributed by atoms with Gasteiger partial charge in [0.15, 0.2) is 0 Å². The molecule has 0 aliphatic carbocycles. The van der Waals surface area contributed by atoms with Crippen molar-refractivity contribution in [2.24, 2.45) is 0 Å². The maximum atomic E-state index is 12.6. The van der Waals surface area contributed by atoms with Gasteiger partial charge in [-0.25, -0.2) is 9.18 Å². The summed E-state index contributed by atoms with van der Waals surface area (Å²) in [5.41, 5.74) is 0.760. The molecule has 1 fully saturated rings. The topological polar surface area (TPSA) is 42.1 Å². The van der Waals surface area contributed by atoms with Gasteiger partial charge in [-0.1, -0.05) is 12.1 Å². The Bertz CT molecular complexity index is 389. The van der Waals surface area contributed by atoms with E-state index in [1.54, 1.807) is 19.2 Å². The highest BCUT2D eigenvalue weighted by molar-refractivity contribution is 5.67. The van der Waals surface area contributed by atoms with Gasteiger partial charge < -0.3 is 14.4 Å². The molecule has 1 atom stereocenters. The van der Waals surface area contributed by atoms with Crippen molar-refractivity contribution < 1.29 is 18.7 Å². The zero-order valence-electron chi connectivity index (χ0n) is 9.56. The summed E-state index contributed by atoms with van der Waals surface area (Å²) in [5, 5.41) is 0. The van der Waals surface area contributed by atoms with E-state index in [2.05, 4.69) is 0 Å². The molecule has 1 aliphatic heterocycles. The second-order valence-corrected chi connectivity index (χ2v) is 4.02. The minimum atomic E-state index is -0.398. The second-order valence-electron chi connectivity index (χ2n) is 4.02. The van der Waals surface area contributed by atoms with E-state index in [1.165, 1.54) is 17.0 Å². The summed E-state index contributed by atoms with van der Waals surface area (Å²) in [5.74, 6) is -0.303. The number of rotatable bonds is 4. The molecular formula is C12H14FNO3. The molecule has 1 aromatic carbocycles. The van der Waals surface area contributed by atoms with Crippen LogP contribution in [-0.4, -0.2) is 37.3 Å². The molecule has 1 aromatic rings. The van der Waals surface area contributed by atoms with Crippen molar-refractivity contribution in [2.75, 3.05) is 20.2 Å². The van der Waals surface area contributed by atoms with Crippen LogP contribution in [0.3, 0.4) is 0 Å². The monoisotopic (exact) mass is 239 g/mol. The Hall–Kier alpha value is -1.62. The lowest BCUT2D eigenvalue weighted by Crippen LogP contribution is -2.30. The Balaban J connectivity index is 1.76. The second kappa shape index (κ2) is 5.14. The van der Waals surface area contributed by atoms with Gasteiger partial charge in [-0.3, -0.25) is 0 Å². The molecule has 0 radical (unpaired) electrons. The Morgan fingerprint density at radius 2 is 2.18 bits per heavy atom. The van der Waals surface area contributed by atoms with Crippen molar-refractivity contribution in [3.63, 3.8) is 0 Å². The summed E-state index contributed by atoms with van der Waals surface area (Å²) in [6.45, 7) is 1.40. The molecule has 1 unspecified atom stereocenters. The molecule has 17 heavy (non-hydrogen) atoms. The van der Waals surface area contributed by atoms with Crippen LogP contribution >= 0.6 is 0 Å². The highest BCUT2D eigenvalue weighted by atomic mass is 19.1. The largest absolute Gasteiger partial charge is 0.445 e. The van der Waals surface area contributed by atoms with Gasteiger partial charge in [0.2, 0.25) is 0 Å². The SMILES string of the molecule is CN(CC1CO1)C(=O)OCc1ccc(F)cc1. The predicted molar refractivity (Wildman–Crippen MR) is 59.0 cm³/mol. The van der Waals surface area contributed by atoms with Crippen molar-refractivity contribution in [1.29, 1.82) is 0 Å². The number of nitrogens with zero attached hydrogens (tertiary/aromatic N) is 1. The molecule has 1 saturated heterocycles. The first-order valence-electron chi connectivity index (χ1n) is 5.39. The van der Waals surface area contributed by atoms with E-state index in [9.17, 15) is 9.18 Å². The van der Waals surface area contributed by atoms with Crippen LogP contribution in [0, 0.1) is 5.82 Å². The van der Waals surface area contributed by atoms with Crippen LogP contribution in [-0.2, 0) is 16.1 Å². The summed E-state index contributed by atoms with van der Waals surface area (Å²) in [7, 11) is 1.66. The maximum Gasteiger partial charge on any atom is 0.409 e. The van der Waals surface area contributed by atoms with E-state index in [4.69, 9.17) is 9.47 Å². The standard InChI is InChI=1S/C12H14FNO3/c1-14(6-11-8-16-11)12(15)17-7-9-2-4-10(13)5-3-9/h2-5,11H,6-8H2,1H3. The highest BCUT2D eigenvalue weighted by Crippen LogP contribution is 2.11. The summed E-state index contributed by atoms with van der Waals surface area (Å²) >= 11 is 0. The molecule has 0 saturated carbocycles. The molecule has 5 heteroatoms. The lowest BCUT2D eigenvalue weighted by molar-refractivity contribution is 0.102. The van der Waals surface area contributed by atoms with Crippen LogP contribution in [0.4, 0.5) is 9.18 Å². The third kappa shape index (κ3) is 3.71.